The van der Waals surface area contributed by atoms with Crippen LogP contribution in [0.5, 0.6) is 0 Å². The van der Waals surface area contributed by atoms with Crippen molar-refractivity contribution in [2.24, 2.45) is 16.6 Å². The van der Waals surface area contributed by atoms with E-state index in [1.54, 1.807) is 30.7 Å². The highest BCUT2D eigenvalue weighted by Crippen LogP contribution is 2.29. The van der Waals surface area contributed by atoms with Gasteiger partial charge in [-0.25, -0.2) is 20.2 Å². The van der Waals surface area contributed by atoms with Gasteiger partial charge in [-0.3, -0.25) is 15.1 Å². The number of carbonyl (C=O) groups excluding carboxylic acids is 1. The van der Waals surface area contributed by atoms with Crippen LogP contribution < -0.4 is 16.9 Å². The molecule has 0 unspecified atom stereocenters. The predicted molar refractivity (Wildman–Crippen MR) is 160 cm³/mol. The maximum Gasteiger partial charge on any atom is 0.366 e. The van der Waals surface area contributed by atoms with Crippen LogP contribution in [0.3, 0.4) is 0 Å². The molecular formula is C29H40FN9O3. The van der Waals surface area contributed by atoms with Crippen molar-refractivity contribution >= 4 is 23.1 Å². The van der Waals surface area contributed by atoms with Gasteiger partial charge in [-0.1, -0.05) is 13.8 Å². The molecule has 1 aliphatic carbocycles. The first-order valence-electron chi connectivity index (χ1n) is 13.6. The molecule has 0 spiro atoms. The summed E-state index contributed by atoms with van der Waals surface area (Å²) in [7, 11) is 0. The first kappa shape index (κ1) is 33.7. The molecule has 1 saturated carbocycles. The Morgan fingerprint density at radius 3 is 2.50 bits per heavy atom. The largest absolute Gasteiger partial charge is 0.404 e. The van der Waals surface area contributed by atoms with Crippen LogP contribution in [0.25, 0.3) is 16.7 Å². The standard InChI is InChI=1S/C24H27FN8O3.C3H7N.C2H6/c1-12-7-19(25)17(23(27)30-28)9-20(12)32-36-24(35)18(10-26)21-8-16(5-6-29-21)22-14(3)31-33(15(22)4)11-13(2)34;4-3-1-2-3;1-2/h5-10,13,27-28,32,34H,11,26H2,1-4H3;3H,1-2,4H2;1-2H3/b18-10+,27-23?,30-28?;;/t13-;;/m0../s1. The summed E-state index contributed by atoms with van der Waals surface area (Å²) < 4.78 is 15.8. The third-order valence-electron chi connectivity index (χ3n) is 6.09. The Bertz CT molecular complexity index is 1450. The van der Waals surface area contributed by atoms with Gasteiger partial charge >= 0.3 is 5.97 Å². The number of hydrogen-bond acceptors (Lipinski definition) is 10. The number of anilines is 1. The number of aliphatic hydroxyl groups is 1. The van der Waals surface area contributed by atoms with Crippen molar-refractivity contribution in [2.75, 3.05) is 5.48 Å². The van der Waals surface area contributed by atoms with Gasteiger partial charge in [0, 0.05) is 29.7 Å². The van der Waals surface area contributed by atoms with Crippen LogP contribution in [0.4, 0.5) is 10.1 Å². The molecule has 2 heterocycles. The number of pyridine rings is 1. The van der Waals surface area contributed by atoms with Gasteiger partial charge in [0.1, 0.15) is 11.4 Å². The van der Waals surface area contributed by atoms with E-state index in [4.69, 9.17) is 27.2 Å². The normalized spacial score (nSPS) is 13.1. The number of nitrogens with two attached hydrogens (primary N) is 2. The minimum atomic E-state index is -0.842. The van der Waals surface area contributed by atoms with Crippen LogP contribution in [0.1, 0.15) is 61.8 Å². The summed E-state index contributed by atoms with van der Waals surface area (Å²) in [5.41, 5.74) is 24.2. The van der Waals surface area contributed by atoms with Crippen LogP contribution in [0.2, 0.25) is 0 Å². The van der Waals surface area contributed by atoms with E-state index in [-0.39, 0.29) is 22.5 Å². The van der Waals surface area contributed by atoms with Gasteiger partial charge in [0.2, 0.25) is 0 Å². The molecule has 0 amide bonds. The molecule has 226 valence electrons. The summed E-state index contributed by atoms with van der Waals surface area (Å²) in [6.07, 6.45) is 4.57. The molecule has 3 aromatic rings. The Morgan fingerprint density at radius 2 is 1.95 bits per heavy atom. The molecule has 0 bridgehead atoms. The number of rotatable bonds is 8. The zero-order valence-electron chi connectivity index (χ0n) is 24.8. The summed E-state index contributed by atoms with van der Waals surface area (Å²) in [6.45, 7) is 11.4. The van der Waals surface area contributed by atoms with Gasteiger partial charge in [0.05, 0.1) is 35.3 Å². The lowest BCUT2D eigenvalue weighted by atomic mass is 10.0. The van der Waals surface area contributed by atoms with Crippen molar-refractivity contribution in [1.29, 1.82) is 10.9 Å². The molecule has 13 heteroatoms. The molecule has 4 rings (SSSR count). The lowest BCUT2D eigenvalue weighted by Gasteiger charge is -2.13. The zero-order chi connectivity index (χ0) is 31.6. The third kappa shape index (κ3) is 8.75. The van der Waals surface area contributed by atoms with Crippen molar-refractivity contribution in [3.63, 3.8) is 0 Å². The van der Waals surface area contributed by atoms with Crippen molar-refractivity contribution in [2.45, 2.75) is 73.1 Å². The number of aliphatic hydroxyl groups excluding tert-OH is 1. The number of benzene rings is 1. The minimum absolute atomic E-state index is 0.0232. The number of nitrogens with one attached hydrogen (secondary N) is 3. The molecular weight excluding hydrogens is 541 g/mol. The first-order chi connectivity index (χ1) is 20.0. The molecule has 1 atom stereocenters. The van der Waals surface area contributed by atoms with E-state index in [1.807, 2.05) is 27.7 Å². The van der Waals surface area contributed by atoms with E-state index in [0.717, 1.165) is 34.8 Å². The molecule has 42 heavy (non-hydrogen) atoms. The number of nitrogens with zero attached hydrogens (tertiary/aromatic N) is 4. The number of aromatic nitrogens is 3. The molecule has 0 radical (unpaired) electrons. The number of halogens is 1. The average Bonchev–Trinajstić information content (AvgIpc) is 3.70. The van der Waals surface area contributed by atoms with Gasteiger partial charge in [0.25, 0.3) is 0 Å². The van der Waals surface area contributed by atoms with Gasteiger partial charge < -0.3 is 21.4 Å². The van der Waals surface area contributed by atoms with Gasteiger partial charge in [0.15, 0.2) is 5.84 Å². The van der Waals surface area contributed by atoms with Crippen LogP contribution in [0, 0.1) is 37.5 Å². The Balaban J connectivity index is 0.000000926. The fourth-order valence-electron chi connectivity index (χ4n) is 3.81. The lowest BCUT2D eigenvalue weighted by Crippen LogP contribution is -2.15. The van der Waals surface area contributed by atoms with Crippen LogP contribution in [0.15, 0.2) is 41.8 Å². The van der Waals surface area contributed by atoms with E-state index in [1.165, 1.54) is 25.1 Å². The second-order valence-electron chi connectivity index (χ2n) is 9.52. The Labute approximate surface area is 245 Å². The van der Waals surface area contributed by atoms with Gasteiger partial charge in [-0.05, 0) is 75.9 Å². The molecule has 1 fully saturated rings. The molecule has 1 aliphatic rings. The molecule has 1 aromatic carbocycles. The van der Waals surface area contributed by atoms with Crippen LogP contribution in [-0.2, 0) is 16.2 Å². The fourth-order valence-corrected chi connectivity index (χ4v) is 3.81. The minimum Gasteiger partial charge on any atom is -0.404 e. The molecule has 0 aliphatic heterocycles. The number of carbonyl (C=O) groups is 1. The third-order valence-corrected chi connectivity index (χ3v) is 6.09. The van der Waals surface area contributed by atoms with Crippen molar-refractivity contribution < 1.29 is 19.1 Å². The quantitative estimate of drug-likeness (QED) is 0.0719. The van der Waals surface area contributed by atoms with Crippen molar-refractivity contribution in [1.82, 2.24) is 14.8 Å². The van der Waals surface area contributed by atoms with Crippen LogP contribution >= 0.6 is 0 Å². The smallest absolute Gasteiger partial charge is 0.366 e. The summed E-state index contributed by atoms with van der Waals surface area (Å²) in [5, 5.41) is 24.8. The average molecular weight is 582 g/mol. The molecule has 12 nitrogen and oxygen atoms in total. The Kier molecular flexibility index (Phi) is 12.4. The molecule has 8 N–H and O–H groups in total. The van der Waals surface area contributed by atoms with E-state index in [2.05, 4.69) is 20.7 Å². The van der Waals surface area contributed by atoms with Crippen molar-refractivity contribution in [3.05, 3.63) is 70.7 Å². The zero-order valence-corrected chi connectivity index (χ0v) is 24.8. The van der Waals surface area contributed by atoms with E-state index < -0.39 is 23.7 Å². The maximum absolute atomic E-state index is 14.1. The summed E-state index contributed by atoms with van der Waals surface area (Å²) in [5.74, 6) is -2.14. The number of amidine groups is 1. The van der Waals surface area contributed by atoms with Crippen molar-refractivity contribution in [3.8, 4) is 11.1 Å². The van der Waals surface area contributed by atoms with Crippen LogP contribution in [-0.4, -0.2) is 43.8 Å². The maximum atomic E-state index is 14.1. The Hall–Kier alpha value is -4.49. The molecule has 2 aromatic heterocycles. The SMILES string of the molecule is CC.Cc1cc(F)c(C(=N)N=N)cc1NOC(=O)/C(=C/N)c1cc(-c2c(C)nn(C[C@H](C)O)c2C)ccn1.NC1CC1. The monoisotopic (exact) mass is 581 g/mol. The van der Waals surface area contributed by atoms with E-state index in [0.29, 0.717) is 18.2 Å². The topological polar surface area (TPSA) is 201 Å². The lowest BCUT2D eigenvalue weighted by molar-refractivity contribution is -0.133. The first-order valence-corrected chi connectivity index (χ1v) is 13.6. The molecule has 0 saturated heterocycles. The van der Waals surface area contributed by atoms with Gasteiger partial charge in [-0.15, -0.1) is 5.11 Å². The van der Waals surface area contributed by atoms with E-state index in [9.17, 15) is 14.3 Å². The van der Waals surface area contributed by atoms with E-state index >= 15 is 0 Å². The Morgan fingerprint density at radius 1 is 1.31 bits per heavy atom. The number of aryl methyl sites for hydroxylation is 2. The highest BCUT2D eigenvalue weighted by atomic mass is 19.1. The second kappa shape index (κ2) is 15.5. The number of hydrogen-bond donors (Lipinski definition) is 6. The highest BCUT2D eigenvalue weighted by molar-refractivity contribution is 6.16. The highest BCUT2D eigenvalue weighted by Gasteiger charge is 2.20. The van der Waals surface area contributed by atoms with Gasteiger partial charge in [-0.2, -0.15) is 5.10 Å². The fraction of sp³-hybridized carbons (Fsp3) is 0.379. The summed E-state index contributed by atoms with van der Waals surface area (Å²) in [6, 6.07) is 6.40. The second-order valence-corrected chi connectivity index (χ2v) is 9.52. The summed E-state index contributed by atoms with van der Waals surface area (Å²) in [4.78, 5) is 22.2. The predicted octanol–water partition coefficient (Wildman–Crippen LogP) is 4.75. The summed E-state index contributed by atoms with van der Waals surface area (Å²) >= 11 is 0.